The van der Waals surface area contributed by atoms with Crippen molar-refractivity contribution in [2.75, 3.05) is 13.1 Å². The van der Waals surface area contributed by atoms with Crippen molar-refractivity contribution in [1.82, 2.24) is 14.5 Å². The second-order valence-electron chi connectivity index (χ2n) is 6.09. The average molecular weight is 285 g/mol. The lowest BCUT2D eigenvalue weighted by atomic mass is 10.1. The zero-order valence-electron chi connectivity index (χ0n) is 12.9. The summed E-state index contributed by atoms with van der Waals surface area (Å²) in [5, 5.41) is 0. The second kappa shape index (κ2) is 5.88. The molecular formula is C17H23N3O. The molecule has 112 valence electrons. The molecule has 21 heavy (non-hydrogen) atoms. The van der Waals surface area contributed by atoms with Crippen LogP contribution in [0.1, 0.15) is 36.8 Å². The number of likely N-dealkylation sites (tertiary alicyclic amines) is 1. The molecule has 2 heterocycles. The number of carbonyl (C=O) groups excluding carboxylic acids is 1. The van der Waals surface area contributed by atoms with Crippen LogP contribution in [0, 0.1) is 13.8 Å². The predicted octanol–water partition coefficient (Wildman–Crippen LogP) is 3.06. The highest BCUT2D eigenvalue weighted by Crippen LogP contribution is 2.19. The number of nitrogens with zero attached hydrogens (tertiary/aromatic N) is 3. The minimum absolute atomic E-state index is 0.217. The Morgan fingerprint density at radius 3 is 2.48 bits per heavy atom. The van der Waals surface area contributed by atoms with E-state index < -0.39 is 0 Å². The number of hydrogen-bond donors (Lipinski definition) is 0. The number of amides is 1. The molecule has 1 aliphatic heterocycles. The second-order valence-corrected chi connectivity index (χ2v) is 6.09. The van der Waals surface area contributed by atoms with Gasteiger partial charge in [-0.05, 0) is 49.9 Å². The fourth-order valence-electron chi connectivity index (χ4n) is 3.01. The highest BCUT2D eigenvalue weighted by atomic mass is 16.2. The topological polar surface area (TPSA) is 38.1 Å². The van der Waals surface area contributed by atoms with E-state index in [1.807, 2.05) is 9.47 Å². The highest BCUT2D eigenvalue weighted by molar-refractivity contribution is 5.81. The minimum atomic E-state index is 0.217. The molecule has 0 bridgehead atoms. The maximum Gasteiger partial charge on any atom is 0.242 e. The van der Waals surface area contributed by atoms with Crippen LogP contribution in [-0.4, -0.2) is 33.4 Å². The Kier molecular flexibility index (Phi) is 3.95. The molecule has 2 aromatic rings. The SMILES string of the molecule is Cc1cc2ncn(CC(=O)N3CCCCCC3)c2cc1C. The molecule has 4 nitrogen and oxygen atoms in total. The van der Waals surface area contributed by atoms with Crippen LogP contribution in [0.25, 0.3) is 11.0 Å². The van der Waals surface area contributed by atoms with Gasteiger partial charge in [-0.2, -0.15) is 0 Å². The number of hydrogen-bond acceptors (Lipinski definition) is 2. The number of imidazole rings is 1. The van der Waals surface area contributed by atoms with Gasteiger partial charge in [-0.25, -0.2) is 4.98 Å². The Hall–Kier alpha value is -1.84. The molecule has 1 fully saturated rings. The van der Waals surface area contributed by atoms with Crippen LogP contribution >= 0.6 is 0 Å². The molecule has 3 rings (SSSR count). The number of aryl methyl sites for hydroxylation is 2. The van der Waals surface area contributed by atoms with Crippen LogP contribution in [-0.2, 0) is 11.3 Å². The summed E-state index contributed by atoms with van der Waals surface area (Å²) in [6.45, 7) is 6.41. The zero-order chi connectivity index (χ0) is 14.8. The number of carbonyl (C=O) groups is 1. The molecule has 0 radical (unpaired) electrons. The summed E-state index contributed by atoms with van der Waals surface area (Å²) in [4.78, 5) is 18.9. The molecule has 0 aliphatic carbocycles. The maximum absolute atomic E-state index is 12.5. The van der Waals surface area contributed by atoms with E-state index in [1.54, 1.807) is 6.33 Å². The van der Waals surface area contributed by atoms with Crippen molar-refractivity contribution in [1.29, 1.82) is 0 Å². The first-order valence-corrected chi connectivity index (χ1v) is 7.85. The largest absolute Gasteiger partial charge is 0.341 e. The lowest BCUT2D eigenvalue weighted by Crippen LogP contribution is -2.34. The Morgan fingerprint density at radius 1 is 1.10 bits per heavy atom. The minimum Gasteiger partial charge on any atom is -0.341 e. The molecule has 1 aromatic carbocycles. The van der Waals surface area contributed by atoms with Crippen LogP contribution in [0.4, 0.5) is 0 Å². The predicted molar refractivity (Wildman–Crippen MR) is 84.3 cm³/mol. The first kappa shape index (κ1) is 14.1. The van der Waals surface area contributed by atoms with Crippen molar-refractivity contribution < 1.29 is 4.79 Å². The van der Waals surface area contributed by atoms with Crippen LogP contribution in [0.3, 0.4) is 0 Å². The van der Waals surface area contributed by atoms with Crippen molar-refractivity contribution in [2.45, 2.75) is 46.1 Å². The molecule has 0 saturated carbocycles. The first-order chi connectivity index (χ1) is 10.1. The van der Waals surface area contributed by atoms with Gasteiger partial charge in [0, 0.05) is 13.1 Å². The van der Waals surface area contributed by atoms with Gasteiger partial charge in [0.05, 0.1) is 17.4 Å². The van der Waals surface area contributed by atoms with Crippen molar-refractivity contribution >= 4 is 16.9 Å². The lowest BCUT2D eigenvalue weighted by Gasteiger charge is -2.20. The molecule has 0 N–H and O–H groups in total. The fourth-order valence-corrected chi connectivity index (χ4v) is 3.01. The smallest absolute Gasteiger partial charge is 0.242 e. The molecule has 4 heteroatoms. The molecule has 1 aromatic heterocycles. The number of aromatic nitrogens is 2. The molecule has 0 spiro atoms. The third-order valence-corrected chi connectivity index (χ3v) is 4.50. The molecule has 0 unspecified atom stereocenters. The van der Waals surface area contributed by atoms with Crippen LogP contribution in [0.5, 0.6) is 0 Å². The monoisotopic (exact) mass is 285 g/mol. The summed E-state index contributed by atoms with van der Waals surface area (Å²) >= 11 is 0. The highest BCUT2D eigenvalue weighted by Gasteiger charge is 2.16. The van der Waals surface area contributed by atoms with Gasteiger partial charge in [0.15, 0.2) is 0 Å². The molecule has 1 saturated heterocycles. The van der Waals surface area contributed by atoms with E-state index in [0.717, 1.165) is 37.0 Å². The molecular weight excluding hydrogens is 262 g/mol. The third-order valence-electron chi connectivity index (χ3n) is 4.50. The van der Waals surface area contributed by atoms with Crippen LogP contribution in [0.15, 0.2) is 18.5 Å². The van der Waals surface area contributed by atoms with Crippen LogP contribution < -0.4 is 0 Å². The van der Waals surface area contributed by atoms with Crippen molar-refractivity contribution in [2.24, 2.45) is 0 Å². The van der Waals surface area contributed by atoms with Gasteiger partial charge in [0.2, 0.25) is 5.91 Å². The normalized spacial score (nSPS) is 16.2. The lowest BCUT2D eigenvalue weighted by molar-refractivity contribution is -0.131. The Labute approximate surface area is 125 Å². The summed E-state index contributed by atoms with van der Waals surface area (Å²) in [5.74, 6) is 0.217. The summed E-state index contributed by atoms with van der Waals surface area (Å²) in [6, 6.07) is 4.23. The fraction of sp³-hybridized carbons (Fsp3) is 0.529. The molecule has 1 amide bonds. The van der Waals surface area contributed by atoms with Crippen molar-refractivity contribution in [3.05, 3.63) is 29.6 Å². The van der Waals surface area contributed by atoms with E-state index in [0.29, 0.717) is 6.54 Å². The summed E-state index contributed by atoms with van der Waals surface area (Å²) in [6.07, 6.45) is 6.55. The van der Waals surface area contributed by atoms with E-state index in [1.165, 1.54) is 24.0 Å². The van der Waals surface area contributed by atoms with Crippen molar-refractivity contribution in [3.8, 4) is 0 Å². The third kappa shape index (κ3) is 2.94. The summed E-state index contributed by atoms with van der Waals surface area (Å²) in [5.41, 5.74) is 4.51. The first-order valence-electron chi connectivity index (χ1n) is 7.85. The van der Waals surface area contributed by atoms with E-state index in [-0.39, 0.29) is 5.91 Å². The van der Waals surface area contributed by atoms with Crippen LogP contribution in [0.2, 0.25) is 0 Å². The number of fused-ring (bicyclic) bond motifs is 1. The maximum atomic E-state index is 12.5. The van der Waals surface area contributed by atoms with Gasteiger partial charge in [0.25, 0.3) is 0 Å². The van der Waals surface area contributed by atoms with Gasteiger partial charge in [-0.15, -0.1) is 0 Å². The Bertz CT molecular complexity index is 651. The van der Waals surface area contributed by atoms with Gasteiger partial charge in [-0.1, -0.05) is 12.8 Å². The number of benzene rings is 1. The van der Waals surface area contributed by atoms with Gasteiger partial charge < -0.3 is 9.47 Å². The Balaban J connectivity index is 1.81. The molecule has 1 aliphatic rings. The molecule has 0 atom stereocenters. The zero-order valence-corrected chi connectivity index (χ0v) is 12.9. The van der Waals surface area contributed by atoms with E-state index in [2.05, 4.69) is 31.0 Å². The summed E-state index contributed by atoms with van der Waals surface area (Å²) < 4.78 is 1.98. The van der Waals surface area contributed by atoms with E-state index >= 15 is 0 Å². The van der Waals surface area contributed by atoms with Gasteiger partial charge in [-0.3, -0.25) is 4.79 Å². The standard InChI is InChI=1S/C17H23N3O/c1-13-9-15-16(10-14(13)2)20(12-18-15)11-17(21)19-7-5-3-4-6-8-19/h9-10,12H,3-8,11H2,1-2H3. The average Bonchev–Trinajstić information content (AvgIpc) is 2.69. The Morgan fingerprint density at radius 2 is 1.76 bits per heavy atom. The van der Waals surface area contributed by atoms with Crippen molar-refractivity contribution in [3.63, 3.8) is 0 Å². The van der Waals surface area contributed by atoms with E-state index in [9.17, 15) is 4.79 Å². The van der Waals surface area contributed by atoms with Gasteiger partial charge >= 0.3 is 0 Å². The number of rotatable bonds is 2. The van der Waals surface area contributed by atoms with Gasteiger partial charge in [0.1, 0.15) is 6.54 Å². The van der Waals surface area contributed by atoms with E-state index in [4.69, 9.17) is 0 Å². The summed E-state index contributed by atoms with van der Waals surface area (Å²) in [7, 11) is 0. The quantitative estimate of drug-likeness (QED) is 0.850.